The largest absolute Gasteiger partial charge is 0.479 e. The Bertz CT molecular complexity index is 844. The Morgan fingerprint density at radius 1 is 1.04 bits per heavy atom. The van der Waals surface area contributed by atoms with Gasteiger partial charge in [-0.3, -0.25) is 14.5 Å². The van der Waals surface area contributed by atoms with Crippen molar-refractivity contribution in [3.63, 3.8) is 0 Å². The summed E-state index contributed by atoms with van der Waals surface area (Å²) in [5.41, 5.74) is -1.04. The summed E-state index contributed by atoms with van der Waals surface area (Å²) in [6, 6.07) is 15.1. The van der Waals surface area contributed by atoms with E-state index in [1.54, 1.807) is 42.5 Å². The fourth-order valence-corrected chi connectivity index (χ4v) is 3.01. The van der Waals surface area contributed by atoms with Crippen LogP contribution in [0.1, 0.15) is 33.2 Å². The first-order valence-electron chi connectivity index (χ1n) is 8.41. The first kappa shape index (κ1) is 18.8. The van der Waals surface area contributed by atoms with Crippen molar-refractivity contribution in [3.05, 3.63) is 71.3 Å². The SMILES string of the molecule is C[C@@H](O)[C@](CN1C(=O)c2ccccc2C1=O)(OCc1ccccc1)C(=O)O. The summed E-state index contributed by atoms with van der Waals surface area (Å²) >= 11 is 0. The van der Waals surface area contributed by atoms with E-state index in [0.717, 1.165) is 4.90 Å². The van der Waals surface area contributed by atoms with E-state index >= 15 is 0 Å². The smallest absolute Gasteiger partial charge is 0.340 e. The predicted octanol–water partition coefficient (Wildman–Crippen LogP) is 1.70. The Balaban J connectivity index is 1.89. The molecular formula is C20H19NO6. The summed E-state index contributed by atoms with van der Waals surface area (Å²) < 4.78 is 5.60. The Kier molecular flexibility index (Phi) is 5.07. The van der Waals surface area contributed by atoms with Crippen LogP contribution in [0.3, 0.4) is 0 Å². The summed E-state index contributed by atoms with van der Waals surface area (Å²) in [5.74, 6) is -2.67. The molecule has 0 radical (unpaired) electrons. The minimum Gasteiger partial charge on any atom is -0.479 e. The third-order valence-electron chi connectivity index (χ3n) is 4.65. The van der Waals surface area contributed by atoms with E-state index in [0.29, 0.717) is 5.56 Å². The van der Waals surface area contributed by atoms with Gasteiger partial charge >= 0.3 is 5.97 Å². The number of rotatable bonds is 7. The molecule has 1 heterocycles. The number of benzene rings is 2. The zero-order valence-electron chi connectivity index (χ0n) is 14.7. The zero-order valence-corrected chi connectivity index (χ0v) is 14.7. The summed E-state index contributed by atoms with van der Waals surface area (Å²) in [6.07, 6.45) is -1.47. The number of aliphatic hydroxyl groups is 1. The van der Waals surface area contributed by atoms with E-state index in [1.807, 2.05) is 0 Å². The lowest BCUT2D eigenvalue weighted by Gasteiger charge is -2.34. The van der Waals surface area contributed by atoms with Crippen LogP contribution >= 0.6 is 0 Å². The summed E-state index contributed by atoms with van der Waals surface area (Å²) in [4.78, 5) is 38.0. The van der Waals surface area contributed by atoms with Crippen LogP contribution in [-0.2, 0) is 16.1 Å². The average Bonchev–Trinajstić information content (AvgIpc) is 2.90. The number of hydrogen-bond acceptors (Lipinski definition) is 5. The number of ether oxygens (including phenoxy) is 1. The summed E-state index contributed by atoms with van der Waals surface area (Å²) in [5, 5.41) is 20.0. The van der Waals surface area contributed by atoms with Gasteiger partial charge in [0.2, 0.25) is 5.60 Å². The number of fused-ring (bicyclic) bond motifs is 1. The van der Waals surface area contributed by atoms with Crippen molar-refractivity contribution in [2.24, 2.45) is 0 Å². The monoisotopic (exact) mass is 369 g/mol. The van der Waals surface area contributed by atoms with Crippen LogP contribution in [-0.4, -0.2) is 51.1 Å². The van der Waals surface area contributed by atoms with Gasteiger partial charge < -0.3 is 14.9 Å². The molecule has 0 aromatic heterocycles. The van der Waals surface area contributed by atoms with Crippen molar-refractivity contribution >= 4 is 17.8 Å². The first-order chi connectivity index (χ1) is 12.9. The molecule has 2 amide bonds. The topological polar surface area (TPSA) is 104 Å². The van der Waals surface area contributed by atoms with Crippen LogP contribution in [0.4, 0.5) is 0 Å². The molecule has 27 heavy (non-hydrogen) atoms. The number of nitrogens with zero attached hydrogens (tertiary/aromatic N) is 1. The normalized spacial score (nSPS) is 16.7. The molecule has 7 nitrogen and oxygen atoms in total. The van der Waals surface area contributed by atoms with Crippen LogP contribution in [0.5, 0.6) is 0 Å². The van der Waals surface area contributed by atoms with Crippen molar-refractivity contribution in [1.29, 1.82) is 0 Å². The van der Waals surface area contributed by atoms with Crippen LogP contribution < -0.4 is 0 Å². The highest BCUT2D eigenvalue weighted by molar-refractivity contribution is 6.21. The summed E-state index contributed by atoms with van der Waals surface area (Å²) in [6.45, 7) is 0.567. The molecule has 1 aliphatic rings. The zero-order chi connectivity index (χ0) is 19.6. The highest BCUT2D eigenvalue weighted by atomic mass is 16.5. The van der Waals surface area contributed by atoms with Crippen molar-refractivity contribution in [3.8, 4) is 0 Å². The molecule has 0 saturated carbocycles. The van der Waals surface area contributed by atoms with Crippen molar-refractivity contribution < 1.29 is 29.3 Å². The molecule has 0 aliphatic carbocycles. The third-order valence-corrected chi connectivity index (χ3v) is 4.65. The van der Waals surface area contributed by atoms with E-state index in [9.17, 15) is 24.6 Å². The Labute approximate surface area is 155 Å². The maximum absolute atomic E-state index is 12.6. The fraction of sp³-hybridized carbons (Fsp3) is 0.250. The molecule has 2 aromatic rings. The quantitative estimate of drug-likeness (QED) is 0.720. The minimum absolute atomic E-state index is 0.0960. The maximum atomic E-state index is 12.6. The number of aliphatic carboxylic acids is 1. The van der Waals surface area contributed by atoms with Crippen LogP contribution in [0.25, 0.3) is 0 Å². The van der Waals surface area contributed by atoms with Gasteiger partial charge in [0.15, 0.2) is 0 Å². The average molecular weight is 369 g/mol. The summed E-state index contributed by atoms with van der Waals surface area (Å²) in [7, 11) is 0. The van der Waals surface area contributed by atoms with E-state index in [-0.39, 0.29) is 17.7 Å². The molecule has 2 N–H and O–H groups in total. The molecule has 7 heteroatoms. The second-order valence-corrected chi connectivity index (χ2v) is 6.39. The molecule has 0 fully saturated rings. The molecule has 1 aliphatic heterocycles. The molecular weight excluding hydrogens is 350 g/mol. The van der Waals surface area contributed by atoms with Gasteiger partial charge in [-0.15, -0.1) is 0 Å². The number of carbonyl (C=O) groups excluding carboxylic acids is 2. The van der Waals surface area contributed by atoms with Crippen LogP contribution in [0, 0.1) is 0 Å². The molecule has 2 atom stereocenters. The van der Waals surface area contributed by atoms with Gasteiger partial charge in [0, 0.05) is 0 Å². The number of carboxylic acid groups (broad SMARTS) is 1. The first-order valence-corrected chi connectivity index (χ1v) is 8.41. The Hall–Kier alpha value is -3.03. The minimum atomic E-state index is -2.15. The molecule has 0 spiro atoms. The van der Waals surface area contributed by atoms with Gasteiger partial charge in [0.25, 0.3) is 11.8 Å². The fourth-order valence-electron chi connectivity index (χ4n) is 3.01. The van der Waals surface area contributed by atoms with Crippen LogP contribution in [0.2, 0.25) is 0 Å². The number of imide groups is 1. The number of carbonyl (C=O) groups is 3. The van der Waals surface area contributed by atoms with Gasteiger partial charge in [0.05, 0.1) is 30.4 Å². The highest BCUT2D eigenvalue weighted by Crippen LogP contribution is 2.28. The van der Waals surface area contributed by atoms with Crippen molar-refractivity contribution in [2.75, 3.05) is 6.54 Å². The molecule has 0 saturated heterocycles. The van der Waals surface area contributed by atoms with Crippen molar-refractivity contribution in [1.82, 2.24) is 4.90 Å². The second kappa shape index (κ2) is 7.30. The molecule has 140 valence electrons. The van der Waals surface area contributed by atoms with Gasteiger partial charge in [-0.1, -0.05) is 42.5 Å². The predicted molar refractivity (Wildman–Crippen MR) is 95.1 cm³/mol. The van der Waals surface area contributed by atoms with E-state index in [1.165, 1.54) is 19.1 Å². The Morgan fingerprint density at radius 2 is 1.56 bits per heavy atom. The van der Waals surface area contributed by atoms with E-state index in [2.05, 4.69) is 0 Å². The van der Waals surface area contributed by atoms with Gasteiger partial charge in [0.1, 0.15) is 0 Å². The Morgan fingerprint density at radius 3 is 2.04 bits per heavy atom. The number of hydrogen-bond donors (Lipinski definition) is 2. The molecule has 2 aromatic carbocycles. The van der Waals surface area contributed by atoms with Gasteiger partial charge in [-0.25, -0.2) is 4.79 Å². The molecule has 3 rings (SSSR count). The highest BCUT2D eigenvalue weighted by Gasteiger charge is 2.50. The lowest BCUT2D eigenvalue weighted by Crippen LogP contribution is -2.58. The van der Waals surface area contributed by atoms with E-state index < -0.39 is 36.0 Å². The van der Waals surface area contributed by atoms with Gasteiger partial charge in [-0.2, -0.15) is 0 Å². The lowest BCUT2D eigenvalue weighted by molar-refractivity contribution is -0.186. The third kappa shape index (κ3) is 3.34. The number of carboxylic acids is 1. The van der Waals surface area contributed by atoms with Crippen LogP contribution in [0.15, 0.2) is 54.6 Å². The molecule has 0 unspecified atom stereocenters. The van der Waals surface area contributed by atoms with Crippen molar-refractivity contribution in [2.45, 2.75) is 25.2 Å². The number of aliphatic hydroxyl groups excluding tert-OH is 1. The second-order valence-electron chi connectivity index (χ2n) is 6.39. The number of amides is 2. The molecule has 0 bridgehead atoms. The maximum Gasteiger partial charge on any atom is 0.340 e. The lowest BCUT2D eigenvalue weighted by atomic mass is 9.96. The van der Waals surface area contributed by atoms with Gasteiger partial charge in [-0.05, 0) is 24.6 Å². The van der Waals surface area contributed by atoms with E-state index in [4.69, 9.17) is 4.74 Å². The standard InChI is InChI=1S/C20H19NO6/c1-13(22)20(19(25)26,27-11-14-7-3-2-4-8-14)12-21-17(23)15-9-5-6-10-16(15)18(21)24/h2-10,13,22H,11-12H2,1H3,(H,25,26)/t13-,20+/m1/s1.